The van der Waals surface area contributed by atoms with Crippen molar-refractivity contribution in [2.45, 2.75) is 6.54 Å². The van der Waals surface area contributed by atoms with Gasteiger partial charge in [0.15, 0.2) is 0 Å². The number of halogens is 1. The molecule has 0 bridgehead atoms. The molecule has 0 saturated carbocycles. The molecule has 0 aliphatic rings. The second kappa shape index (κ2) is 6.50. The van der Waals surface area contributed by atoms with E-state index in [-0.39, 0.29) is 5.91 Å². The van der Waals surface area contributed by atoms with Crippen molar-refractivity contribution >= 4 is 23.2 Å². The number of anilines is 1. The Morgan fingerprint density at radius 3 is 2.50 bits per heavy atom. The van der Waals surface area contributed by atoms with Crippen LogP contribution in [0, 0.1) is 0 Å². The van der Waals surface area contributed by atoms with Crippen molar-refractivity contribution in [3.63, 3.8) is 0 Å². The molecule has 4 heteroatoms. The van der Waals surface area contributed by atoms with E-state index in [0.29, 0.717) is 22.9 Å². The third kappa shape index (κ3) is 3.21. The van der Waals surface area contributed by atoms with Gasteiger partial charge in [0, 0.05) is 16.3 Å². The molecular formula is C18H14ClNO2. The zero-order valence-electron chi connectivity index (χ0n) is 11.8. The van der Waals surface area contributed by atoms with E-state index in [1.165, 1.54) is 0 Å². The van der Waals surface area contributed by atoms with E-state index in [0.717, 1.165) is 5.69 Å². The van der Waals surface area contributed by atoms with Crippen molar-refractivity contribution in [2.24, 2.45) is 0 Å². The molecule has 0 unspecified atom stereocenters. The maximum absolute atomic E-state index is 12.8. The summed E-state index contributed by atoms with van der Waals surface area (Å²) in [4.78, 5) is 14.5. The lowest BCUT2D eigenvalue weighted by atomic mass is 10.1. The molecule has 110 valence electrons. The zero-order chi connectivity index (χ0) is 15.4. The van der Waals surface area contributed by atoms with Gasteiger partial charge in [0.25, 0.3) is 5.91 Å². The Labute approximate surface area is 133 Å². The van der Waals surface area contributed by atoms with Crippen molar-refractivity contribution in [1.29, 1.82) is 0 Å². The van der Waals surface area contributed by atoms with Crippen LogP contribution in [0.3, 0.4) is 0 Å². The summed E-state index contributed by atoms with van der Waals surface area (Å²) in [6.45, 7) is 0.348. The SMILES string of the molecule is O=C(c1ccccc1)N(Cc1ccco1)c1cccc(Cl)c1. The molecule has 22 heavy (non-hydrogen) atoms. The fraction of sp³-hybridized carbons (Fsp3) is 0.0556. The molecule has 0 saturated heterocycles. The van der Waals surface area contributed by atoms with Crippen LogP contribution in [0.2, 0.25) is 5.02 Å². The number of carbonyl (C=O) groups is 1. The fourth-order valence-corrected chi connectivity index (χ4v) is 2.40. The Morgan fingerprint density at radius 1 is 1.00 bits per heavy atom. The quantitative estimate of drug-likeness (QED) is 0.694. The summed E-state index contributed by atoms with van der Waals surface area (Å²) in [5.74, 6) is 0.614. The van der Waals surface area contributed by atoms with Crippen molar-refractivity contribution in [3.05, 3.63) is 89.3 Å². The van der Waals surface area contributed by atoms with Crippen LogP contribution < -0.4 is 4.90 Å². The first kappa shape index (κ1) is 14.4. The highest BCUT2D eigenvalue weighted by Crippen LogP contribution is 2.23. The summed E-state index contributed by atoms with van der Waals surface area (Å²) >= 11 is 6.06. The number of amides is 1. The van der Waals surface area contributed by atoms with Gasteiger partial charge in [0.05, 0.1) is 12.8 Å². The summed E-state index contributed by atoms with van der Waals surface area (Å²) in [7, 11) is 0. The van der Waals surface area contributed by atoms with Crippen molar-refractivity contribution < 1.29 is 9.21 Å². The summed E-state index contributed by atoms with van der Waals surface area (Å²) in [5.41, 5.74) is 1.35. The molecule has 2 aromatic carbocycles. The van der Waals surface area contributed by atoms with Crippen molar-refractivity contribution in [2.75, 3.05) is 4.90 Å². The number of nitrogens with zero attached hydrogens (tertiary/aromatic N) is 1. The predicted octanol–water partition coefficient (Wildman–Crippen LogP) is 4.78. The molecule has 3 nitrogen and oxygen atoms in total. The molecule has 3 aromatic rings. The van der Waals surface area contributed by atoms with Crippen LogP contribution in [0.15, 0.2) is 77.4 Å². The van der Waals surface area contributed by atoms with Gasteiger partial charge in [0.1, 0.15) is 5.76 Å². The van der Waals surface area contributed by atoms with Crippen molar-refractivity contribution in [1.82, 2.24) is 0 Å². The van der Waals surface area contributed by atoms with Gasteiger partial charge in [-0.25, -0.2) is 0 Å². The lowest BCUT2D eigenvalue weighted by Gasteiger charge is -2.22. The van der Waals surface area contributed by atoms with Gasteiger partial charge in [-0.15, -0.1) is 0 Å². The van der Waals surface area contributed by atoms with E-state index in [2.05, 4.69) is 0 Å². The first-order valence-corrected chi connectivity index (χ1v) is 7.27. The highest BCUT2D eigenvalue weighted by molar-refractivity contribution is 6.31. The Bertz CT molecular complexity index is 754. The lowest BCUT2D eigenvalue weighted by Crippen LogP contribution is -2.30. The highest BCUT2D eigenvalue weighted by Gasteiger charge is 2.19. The maximum atomic E-state index is 12.8. The average molecular weight is 312 g/mol. The topological polar surface area (TPSA) is 33.5 Å². The summed E-state index contributed by atoms with van der Waals surface area (Å²) in [5, 5.41) is 0.586. The minimum atomic E-state index is -0.0979. The smallest absolute Gasteiger partial charge is 0.258 e. The van der Waals surface area contributed by atoms with Gasteiger partial charge in [-0.1, -0.05) is 35.9 Å². The Morgan fingerprint density at radius 2 is 1.82 bits per heavy atom. The maximum Gasteiger partial charge on any atom is 0.258 e. The Balaban J connectivity index is 1.97. The van der Waals surface area contributed by atoms with Gasteiger partial charge >= 0.3 is 0 Å². The first-order chi connectivity index (χ1) is 10.7. The van der Waals surface area contributed by atoms with E-state index >= 15 is 0 Å². The van der Waals surface area contributed by atoms with Crippen LogP contribution in [0.5, 0.6) is 0 Å². The number of furan rings is 1. The van der Waals surface area contributed by atoms with E-state index in [4.69, 9.17) is 16.0 Å². The van der Waals surface area contributed by atoms with Crippen LogP contribution in [-0.4, -0.2) is 5.91 Å². The molecule has 1 amide bonds. The summed E-state index contributed by atoms with van der Waals surface area (Å²) < 4.78 is 5.37. The van der Waals surface area contributed by atoms with Gasteiger partial charge in [-0.2, -0.15) is 0 Å². The lowest BCUT2D eigenvalue weighted by molar-refractivity contribution is 0.0983. The number of benzene rings is 2. The standard InChI is InChI=1S/C18H14ClNO2/c19-15-8-4-9-16(12-15)20(13-17-10-5-11-22-17)18(21)14-6-2-1-3-7-14/h1-12H,13H2. The molecule has 0 aliphatic heterocycles. The van der Waals surface area contributed by atoms with Gasteiger partial charge in [-0.05, 0) is 42.5 Å². The van der Waals surface area contributed by atoms with Gasteiger partial charge in [-0.3, -0.25) is 4.79 Å². The highest BCUT2D eigenvalue weighted by atomic mass is 35.5. The van der Waals surface area contributed by atoms with E-state index in [1.807, 2.05) is 36.4 Å². The second-order valence-electron chi connectivity index (χ2n) is 4.82. The van der Waals surface area contributed by atoms with Crippen LogP contribution in [0.25, 0.3) is 0 Å². The molecule has 1 aromatic heterocycles. The molecule has 0 fully saturated rings. The number of hydrogen-bond acceptors (Lipinski definition) is 2. The van der Waals surface area contributed by atoms with Crippen LogP contribution in [-0.2, 0) is 6.54 Å². The molecule has 0 spiro atoms. The normalized spacial score (nSPS) is 10.4. The third-order valence-electron chi connectivity index (χ3n) is 3.28. The summed E-state index contributed by atoms with van der Waals surface area (Å²) in [6, 6.07) is 20.0. The Kier molecular flexibility index (Phi) is 4.26. The fourth-order valence-electron chi connectivity index (χ4n) is 2.22. The van der Waals surface area contributed by atoms with E-state index in [1.54, 1.807) is 41.5 Å². The van der Waals surface area contributed by atoms with Crippen LogP contribution >= 0.6 is 11.6 Å². The third-order valence-corrected chi connectivity index (χ3v) is 3.51. The molecule has 0 atom stereocenters. The van der Waals surface area contributed by atoms with E-state index < -0.39 is 0 Å². The van der Waals surface area contributed by atoms with Crippen molar-refractivity contribution in [3.8, 4) is 0 Å². The minimum Gasteiger partial charge on any atom is -0.467 e. The summed E-state index contributed by atoms with van der Waals surface area (Å²) in [6.07, 6.45) is 1.60. The first-order valence-electron chi connectivity index (χ1n) is 6.89. The van der Waals surface area contributed by atoms with Gasteiger partial charge < -0.3 is 9.32 Å². The van der Waals surface area contributed by atoms with E-state index in [9.17, 15) is 4.79 Å². The second-order valence-corrected chi connectivity index (χ2v) is 5.25. The minimum absolute atomic E-state index is 0.0979. The molecule has 0 aliphatic carbocycles. The number of rotatable bonds is 4. The predicted molar refractivity (Wildman–Crippen MR) is 87.1 cm³/mol. The number of carbonyl (C=O) groups excluding carboxylic acids is 1. The van der Waals surface area contributed by atoms with Gasteiger partial charge in [0.2, 0.25) is 0 Å². The molecule has 3 rings (SSSR count). The molecule has 0 radical (unpaired) electrons. The zero-order valence-corrected chi connectivity index (χ0v) is 12.5. The molecule has 1 heterocycles. The largest absolute Gasteiger partial charge is 0.467 e. The van der Waals surface area contributed by atoms with Crippen LogP contribution in [0.1, 0.15) is 16.1 Å². The molecule has 0 N–H and O–H groups in total. The van der Waals surface area contributed by atoms with Crippen LogP contribution in [0.4, 0.5) is 5.69 Å². The average Bonchev–Trinajstić information content (AvgIpc) is 3.06. The Hall–Kier alpha value is -2.52. The molecular weight excluding hydrogens is 298 g/mol. The monoisotopic (exact) mass is 311 g/mol. The number of hydrogen-bond donors (Lipinski definition) is 0.